The molecule has 2 aromatic carbocycles. The first-order chi connectivity index (χ1) is 9.06. The van der Waals surface area contributed by atoms with Gasteiger partial charge in [-0.05, 0) is 48.9 Å². The molecule has 3 N–H and O–H groups in total. The molecule has 0 heterocycles. The van der Waals surface area contributed by atoms with E-state index in [0.29, 0.717) is 4.99 Å². The zero-order valence-electron chi connectivity index (χ0n) is 10.6. The van der Waals surface area contributed by atoms with Gasteiger partial charge in [0.2, 0.25) is 0 Å². The van der Waals surface area contributed by atoms with E-state index in [2.05, 4.69) is 5.32 Å². The lowest BCUT2D eigenvalue weighted by Crippen LogP contribution is -2.10. The van der Waals surface area contributed by atoms with Crippen molar-refractivity contribution in [2.75, 3.05) is 5.32 Å². The smallest absolute Gasteiger partial charge is 0.123 e. The predicted molar refractivity (Wildman–Crippen MR) is 80.8 cm³/mol. The second kappa shape index (κ2) is 5.80. The second-order valence-corrected chi connectivity index (χ2v) is 4.80. The number of anilines is 1. The number of hydrogen-bond acceptors (Lipinski definition) is 2. The number of rotatable bonds is 4. The third-order valence-electron chi connectivity index (χ3n) is 2.90. The minimum absolute atomic E-state index is 0.0198. The summed E-state index contributed by atoms with van der Waals surface area (Å²) in [6.07, 6.45) is 0. The highest BCUT2D eigenvalue weighted by Gasteiger charge is 2.06. The second-order valence-electron chi connectivity index (χ2n) is 4.36. The minimum atomic E-state index is -0.227. The van der Waals surface area contributed by atoms with Crippen molar-refractivity contribution in [3.05, 3.63) is 65.5 Å². The van der Waals surface area contributed by atoms with Crippen molar-refractivity contribution in [3.63, 3.8) is 0 Å². The number of benzene rings is 2. The fourth-order valence-electron chi connectivity index (χ4n) is 1.84. The van der Waals surface area contributed by atoms with Crippen molar-refractivity contribution in [2.45, 2.75) is 13.0 Å². The van der Waals surface area contributed by atoms with Gasteiger partial charge in [-0.3, -0.25) is 0 Å². The first kappa shape index (κ1) is 13.5. The highest BCUT2D eigenvalue weighted by molar-refractivity contribution is 7.80. The molecule has 19 heavy (non-hydrogen) atoms. The lowest BCUT2D eigenvalue weighted by Gasteiger charge is -2.16. The molecule has 0 aliphatic heterocycles. The number of nitrogens with two attached hydrogens (primary N) is 1. The Labute approximate surface area is 117 Å². The van der Waals surface area contributed by atoms with Crippen LogP contribution in [0.3, 0.4) is 0 Å². The van der Waals surface area contributed by atoms with Gasteiger partial charge in [0.15, 0.2) is 0 Å². The van der Waals surface area contributed by atoms with Crippen LogP contribution in [0.4, 0.5) is 10.1 Å². The fraction of sp³-hybridized carbons (Fsp3) is 0.133. The molecule has 4 heteroatoms. The summed E-state index contributed by atoms with van der Waals surface area (Å²) < 4.78 is 13.2. The van der Waals surface area contributed by atoms with Crippen molar-refractivity contribution in [3.8, 4) is 0 Å². The molecular formula is C15H15FN2S. The lowest BCUT2D eigenvalue weighted by atomic mass is 10.1. The number of halogens is 1. The Balaban J connectivity index is 2.10. The molecule has 2 rings (SSSR count). The Morgan fingerprint density at radius 2 is 1.89 bits per heavy atom. The van der Waals surface area contributed by atoms with Crippen LogP contribution in [-0.2, 0) is 0 Å². The van der Waals surface area contributed by atoms with Gasteiger partial charge in [0.25, 0.3) is 0 Å². The zero-order chi connectivity index (χ0) is 13.8. The zero-order valence-corrected chi connectivity index (χ0v) is 11.4. The fourth-order valence-corrected chi connectivity index (χ4v) is 1.98. The minimum Gasteiger partial charge on any atom is -0.389 e. The van der Waals surface area contributed by atoms with Gasteiger partial charge in [-0.25, -0.2) is 4.39 Å². The Kier molecular flexibility index (Phi) is 4.12. The molecule has 0 aromatic heterocycles. The van der Waals surface area contributed by atoms with Gasteiger partial charge in [0, 0.05) is 17.3 Å². The third kappa shape index (κ3) is 3.51. The maximum atomic E-state index is 13.2. The van der Waals surface area contributed by atoms with Crippen LogP contribution in [0, 0.1) is 5.82 Å². The maximum absolute atomic E-state index is 13.2. The van der Waals surface area contributed by atoms with E-state index in [0.717, 1.165) is 16.8 Å². The largest absolute Gasteiger partial charge is 0.389 e. The normalized spacial score (nSPS) is 11.9. The summed E-state index contributed by atoms with van der Waals surface area (Å²) in [5.41, 5.74) is 8.22. The van der Waals surface area contributed by atoms with Gasteiger partial charge in [0.05, 0.1) is 0 Å². The van der Waals surface area contributed by atoms with Gasteiger partial charge >= 0.3 is 0 Å². The summed E-state index contributed by atoms with van der Waals surface area (Å²) in [4.78, 5) is 0.379. The Morgan fingerprint density at radius 1 is 1.21 bits per heavy atom. The summed E-state index contributed by atoms with van der Waals surface area (Å²) >= 11 is 4.90. The molecule has 1 unspecified atom stereocenters. The molecule has 0 saturated heterocycles. The van der Waals surface area contributed by atoms with E-state index in [1.54, 1.807) is 6.07 Å². The van der Waals surface area contributed by atoms with Gasteiger partial charge in [0.1, 0.15) is 10.8 Å². The van der Waals surface area contributed by atoms with Crippen LogP contribution in [0.2, 0.25) is 0 Å². The lowest BCUT2D eigenvalue weighted by molar-refractivity contribution is 0.623. The van der Waals surface area contributed by atoms with Crippen molar-refractivity contribution in [1.82, 2.24) is 0 Å². The summed E-state index contributed by atoms with van der Waals surface area (Å²) in [6, 6.07) is 14.1. The van der Waals surface area contributed by atoms with Crippen LogP contribution in [0.1, 0.15) is 24.1 Å². The molecule has 0 radical (unpaired) electrons. The van der Waals surface area contributed by atoms with Crippen LogP contribution in [0.15, 0.2) is 48.5 Å². The van der Waals surface area contributed by atoms with Crippen LogP contribution < -0.4 is 11.1 Å². The number of hydrogen-bond donors (Lipinski definition) is 2. The molecule has 1 atom stereocenters. The first-order valence-corrected chi connectivity index (χ1v) is 6.39. The molecule has 0 aliphatic carbocycles. The van der Waals surface area contributed by atoms with Crippen molar-refractivity contribution in [1.29, 1.82) is 0 Å². The molecule has 98 valence electrons. The van der Waals surface area contributed by atoms with Crippen LogP contribution in [0.5, 0.6) is 0 Å². The molecule has 0 bridgehead atoms. The van der Waals surface area contributed by atoms with E-state index in [-0.39, 0.29) is 11.9 Å². The Hall–Kier alpha value is -1.94. The van der Waals surface area contributed by atoms with E-state index in [9.17, 15) is 4.39 Å². The van der Waals surface area contributed by atoms with E-state index in [1.807, 2.05) is 37.3 Å². The van der Waals surface area contributed by atoms with E-state index >= 15 is 0 Å². The van der Waals surface area contributed by atoms with Crippen LogP contribution in [0.25, 0.3) is 0 Å². The standard InChI is InChI=1S/C15H15FN2S/c1-10(12-3-2-4-13(16)9-12)18-14-7-5-11(6-8-14)15(17)19/h2-10,18H,1H3,(H2,17,19). The Morgan fingerprint density at radius 3 is 2.47 bits per heavy atom. The molecule has 0 spiro atoms. The SMILES string of the molecule is CC(Nc1ccc(C(N)=S)cc1)c1cccc(F)c1. The van der Waals surface area contributed by atoms with Gasteiger partial charge in [-0.2, -0.15) is 0 Å². The van der Waals surface area contributed by atoms with Crippen molar-refractivity contribution >= 4 is 22.9 Å². The van der Waals surface area contributed by atoms with Gasteiger partial charge in [-0.1, -0.05) is 24.4 Å². The molecule has 2 nitrogen and oxygen atoms in total. The highest BCUT2D eigenvalue weighted by atomic mass is 32.1. The highest BCUT2D eigenvalue weighted by Crippen LogP contribution is 2.20. The van der Waals surface area contributed by atoms with E-state index in [4.69, 9.17) is 18.0 Å². The Bertz CT molecular complexity index is 581. The quantitative estimate of drug-likeness (QED) is 0.836. The number of thiocarbonyl (C=S) groups is 1. The topological polar surface area (TPSA) is 38.0 Å². The van der Waals surface area contributed by atoms with Crippen molar-refractivity contribution < 1.29 is 4.39 Å². The molecule has 0 fully saturated rings. The average Bonchev–Trinajstić information content (AvgIpc) is 2.39. The molecule has 0 amide bonds. The van der Waals surface area contributed by atoms with Crippen LogP contribution >= 0.6 is 12.2 Å². The number of nitrogens with one attached hydrogen (secondary N) is 1. The summed E-state index contributed by atoms with van der Waals surface area (Å²) in [5.74, 6) is -0.227. The van der Waals surface area contributed by atoms with E-state index < -0.39 is 0 Å². The van der Waals surface area contributed by atoms with Gasteiger partial charge in [-0.15, -0.1) is 0 Å². The maximum Gasteiger partial charge on any atom is 0.123 e. The summed E-state index contributed by atoms with van der Waals surface area (Å²) in [7, 11) is 0. The molecule has 0 saturated carbocycles. The predicted octanol–water partition coefficient (Wildman–Crippen LogP) is 3.63. The van der Waals surface area contributed by atoms with Gasteiger partial charge < -0.3 is 11.1 Å². The third-order valence-corrected chi connectivity index (χ3v) is 3.14. The molecule has 2 aromatic rings. The van der Waals surface area contributed by atoms with E-state index in [1.165, 1.54) is 12.1 Å². The summed E-state index contributed by atoms with van der Waals surface area (Å²) in [5, 5.41) is 3.30. The monoisotopic (exact) mass is 274 g/mol. The molecule has 0 aliphatic rings. The van der Waals surface area contributed by atoms with Crippen molar-refractivity contribution in [2.24, 2.45) is 5.73 Å². The van der Waals surface area contributed by atoms with Crippen LogP contribution in [-0.4, -0.2) is 4.99 Å². The average molecular weight is 274 g/mol. The first-order valence-electron chi connectivity index (χ1n) is 5.98. The molecular weight excluding hydrogens is 259 g/mol. The summed E-state index contributed by atoms with van der Waals surface area (Å²) in [6.45, 7) is 1.98.